The summed E-state index contributed by atoms with van der Waals surface area (Å²) in [6.45, 7) is 1.30. The van der Waals surface area contributed by atoms with Crippen molar-refractivity contribution < 1.29 is 19.4 Å². The van der Waals surface area contributed by atoms with Gasteiger partial charge >= 0.3 is 5.97 Å². The van der Waals surface area contributed by atoms with Crippen molar-refractivity contribution in [3.8, 4) is 5.75 Å². The first-order valence-electron chi connectivity index (χ1n) is 8.40. The Hall–Kier alpha value is -2.04. The number of fused-ring (bicyclic) bond motifs is 2. The quantitative estimate of drug-likeness (QED) is 0.925. The minimum atomic E-state index is -0.852. The van der Waals surface area contributed by atoms with E-state index in [1.807, 2.05) is 18.2 Å². The lowest BCUT2D eigenvalue weighted by Gasteiger charge is -2.24. The lowest BCUT2D eigenvalue weighted by atomic mass is 9.94. The highest BCUT2D eigenvalue weighted by atomic mass is 16.5. The third-order valence-corrected chi connectivity index (χ3v) is 5.57. The van der Waals surface area contributed by atoms with Crippen molar-refractivity contribution in [3.63, 3.8) is 0 Å². The summed E-state index contributed by atoms with van der Waals surface area (Å²) in [6, 6.07) is 5.22. The standard InChI is InChI=1S/C18H21NO4/c20-16(9-11-4-5-15-12(8-11)6-7-23-15)19-10-13-2-1-3-14(13)17(19)18(21)22/h4-5,8,13-14,17H,1-3,6-7,9-10H2,(H,21,22)/t13-,14+,17+/m1/s1. The molecule has 122 valence electrons. The largest absolute Gasteiger partial charge is 0.493 e. The molecule has 1 aliphatic carbocycles. The Bertz CT molecular complexity index is 656. The van der Waals surface area contributed by atoms with Gasteiger partial charge in [0.2, 0.25) is 5.91 Å². The minimum absolute atomic E-state index is 0.0642. The molecule has 1 aromatic rings. The van der Waals surface area contributed by atoms with Crippen molar-refractivity contribution in [3.05, 3.63) is 29.3 Å². The highest BCUT2D eigenvalue weighted by molar-refractivity contribution is 5.86. The van der Waals surface area contributed by atoms with Gasteiger partial charge in [0.25, 0.3) is 0 Å². The number of likely N-dealkylation sites (tertiary alicyclic amines) is 1. The summed E-state index contributed by atoms with van der Waals surface area (Å²) >= 11 is 0. The van der Waals surface area contributed by atoms with Crippen LogP contribution in [0.4, 0.5) is 0 Å². The number of benzene rings is 1. The average molecular weight is 315 g/mol. The molecule has 5 nitrogen and oxygen atoms in total. The normalized spacial score (nSPS) is 28.3. The Kier molecular flexibility index (Phi) is 3.51. The van der Waals surface area contributed by atoms with E-state index in [0.717, 1.165) is 42.6 Å². The topological polar surface area (TPSA) is 66.8 Å². The van der Waals surface area contributed by atoms with Crippen molar-refractivity contribution in [1.29, 1.82) is 0 Å². The lowest BCUT2D eigenvalue weighted by Crippen LogP contribution is -2.43. The zero-order chi connectivity index (χ0) is 16.0. The van der Waals surface area contributed by atoms with E-state index in [9.17, 15) is 14.7 Å². The molecule has 1 amide bonds. The predicted octanol–water partition coefficient (Wildman–Crippen LogP) is 1.88. The highest BCUT2D eigenvalue weighted by Gasteiger charge is 2.49. The van der Waals surface area contributed by atoms with Crippen LogP contribution in [0, 0.1) is 11.8 Å². The molecule has 3 atom stereocenters. The molecule has 4 rings (SSSR count). The molecule has 2 fully saturated rings. The Balaban J connectivity index is 1.51. The summed E-state index contributed by atoms with van der Waals surface area (Å²) in [7, 11) is 0. The number of ether oxygens (including phenoxy) is 1. The van der Waals surface area contributed by atoms with Crippen LogP contribution < -0.4 is 4.74 Å². The Morgan fingerprint density at radius 1 is 1.30 bits per heavy atom. The second-order valence-corrected chi connectivity index (χ2v) is 6.90. The zero-order valence-corrected chi connectivity index (χ0v) is 13.0. The van der Waals surface area contributed by atoms with Crippen LogP contribution in [0.5, 0.6) is 5.75 Å². The highest BCUT2D eigenvalue weighted by Crippen LogP contribution is 2.42. The molecular weight excluding hydrogens is 294 g/mol. The van der Waals surface area contributed by atoms with Crippen LogP contribution in [-0.4, -0.2) is 41.1 Å². The van der Waals surface area contributed by atoms with E-state index in [-0.39, 0.29) is 18.2 Å². The fourth-order valence-corrected chi connectivity index (χ4v) is 4.50. The second kappa shape index (κ2) is 5.55. The molecule has 0 unspecified atom stereocenters. The minimum Gasteiger partial charge on any atom is -0.493 e. The van der Waals surface area contributed by atoms with Gasteiger partial charge in [0.1, 0.15) is 11.8 Å². The summed E-state index contributed by atoms with van der Waals surface area (Å²) in [5.41, 5.74) is 2.09. The number of carboxylic acid groups (broad SMARTS) is 1. The van der Waals surface area contributed by atoms with E-state index in [1.54, 1.807) is 4.90 Å². The molecule has 1 N–H and O–H groups in total. The fourth-order valence-electron chi connectivity index (χ4n) is 4.50. The maximum atomic E-state index is 12.7. The summed E-state index contributed by atoms with van der Waals surface area (Å²) < 4.78 is 5.48. The van der Waals surface area contributed by atoms with Gasteiger partial charge in [-0.2, -0.15) is 0 Å². The predicted molar refractivity (Wildman–Crippen MR) is 83.3 cm³/mol. The molecule has 1 saturated carbocycles. The van der Waals surface area contributed by atoms with E-state index < -0.39 is 12.0 Å². The van der Waals surface area contributed by atoms with Gasteiger partial charge in [-0.1, -0.05) is 18.6 Å². The maximum Gasteiger partial charge on any atom is 0.326 e. The molecule has 0 radical (unpaired) electrons. The van der Waals surface area contributed by atoms with E-state index >= 15 is 0 Å². The zero-order valence-electron chi connectivity index (χ0n) is 13.0. The number of carbonyl (C=O) groups excluding carboxylic acids is 1. The number of carboxylic acids is 1. The number of aliphatic carboxylic acids is 1. The molecule has 0 spiro atoms. The molecule has 1 saturated heterocycles. The van der Waals surface area contributed by atoms with E-state index in [2.05, 4.69) is 0 Å². The molecule has 2 heterocycles. The smallest absolute Gasteiger partial charge is 0.326 e. The van der Waals surface area contributed by atoms with Gasteiger partial charge in [-0.3, -0.25) is 4.79 Å². The van der Waals surface area contributed by atoms with Crippen LogP contribution in [0.2, 0.25) is 0 Å². The SMILES string of the molecule is O=C(O)[C@@H]1[C@H]2CCC[C@@H]2CN1C(=O)Cc1ccc2c(c1)CCO2. The third-order valence-electron chi connectivity index (χ3n) is 5.57. The van der Waals surface area contributed by atoms with Crippen LogP contribution in [0.25, 0.3) is 0 Å². The van der Waals surface area contributed by atoms with Crippen LogP contribution in [-0.2, 0) is 22.4 Å². The molecule has 3 aliphatic rings. The third kappa shape index (κ3) is 2.48. The first kappa shape index (κ1) is 14.5. The molecule has 5 heteroatoms. The molecular formula is C18H21NO4. The van der Waals surface area contributed by atoms with Gasteiger partial charge in [0, 0.05) is 13.0 Å². The Morgan fingerprint density at radius 2 is 2.17 bits per heavy atom. The number of amides is 1. The number of carbonyl (C=O) groups is 2. The number of rotatable bonds is 3. The van der Waals surface area contributed by atoms with Crippen molar-refractivity contribution in [2.45, 2.75) is 38.1 Å². The van der Waals surface area contributed by atoms with Crippen molar-refractivity contribution in [2.75, 3.05) is 13.2 Å². The first-order chi connectivity index (χ1) is 11.1. The molecule has 1 aromatic carbocycles. The van der Waals surface area contributed by atoms with Crippen LogP contribution in [0.15, 0.2) is 18.2 Å². The van der Waals surface area contributed by atoms with Gasteiger partial charge in [-0.05, 0) is 41.9 Å². The first-order valence-corrected chi connectivity index (χ1v) is 8.40. The van der Waals surface area contributed by atoms with Gasteiger partial charge in [0.05, 0.1) is 13.0 Å². The van der Waals surface area contributed by atoms with Crippen LogP contribution in [0.3, 0.4) is 0 Å². The van der Waals surface area contributed by atoms with Gasteiger partial charge in [-0.25, -0.2) is 4.79 Å². The van der Waals surface area contributed by atoms with Crippen molar-refractivity contribution in [2.24, 2.45) is 11.8 Å². The molecule has 2 aliphatic heterocycles. The van der Waals surface area contributed by atoms with Gasteiger partial charge in [-0.15, -0.1) is 0 Å². The van der Waals surface area contributed by atoms with E-state index in [4.69, 9.17) is 4.74 Å². The van der Waals surface area contributed by atoms with E-state index in [1.165, 1.54) is 0 Å². The Labute approximate surface area is 135 Å². The monoisotopic (exact) mass is 315 g/mol. The summed E-state index contributed by atoms with van der Waals surface area (Å²) in [6.07, 6.45) is 4.22. The average Bonchev–Trinajstić information content (AvgIpc) is 3.20. The van der Waals surface area contributed by atoms with E-state index in [0.29, 0.717) is 19.1 Å². The van der Waals surface area contributed by atoms with Crippen LogP contribution >= 0.6 is 0 Å². The lowest BCUT2D eigenvalue weighted by molar-refractivity contribution is -0.149. The number of hydrogen-bond acceptors (Lipinski definition) is 3. The summed E-state index contributed by atoms with van der Waals surface area (Å²) in [5, 5.41) is 9.56. The van der Waals surface area contributed by atoms with Gasteiger partial charge in [0.15, 0.2) is 0 Å². The fraction of sp³-hybridized carbons (Fsp3) is 0.556. The van der Waals surface area contributed by atoms with Crippen LogP contribution in [0.1, 0.15) is 30.4 Å². The summed E-state index contributed by atoms with van der Waals surface area (Å²) in [4.78, 5) is 26.0. The van der Waals surface area contributed by atoms with Crippen molar-refractivity contribution in [1.82, 2.24) is 4.90 Å². The number of nitrogens with zero attached hydrogens (tertiary/aromatic N) is 1. The Morgan fingerprint density at radius 3 is 3.00 bits per heavy atom. The summed E-state index contributed by atoms with van der Waals surface area (Å²) in [5.74, 6) is 0.499. The molecule has 0 aromatic heterocycles. The van der Waals surface area contributed by atoms with Gasteiger partial charge < -0.3 is 14.7 Å². The molecule has 0 bridgehead atoms. The van der Waals surface area contributed by atoms with Crippen molar-refractivity contribution >= 4 is 11.9 Å². The maximum absolute atomic E-state index is 12.7. The molecule has 23 heavy (non-hydrogen) atoms. The number of hydrogen-bond donors (Lipinski definition) is 1. The second-order valence-electron chi connectivity index (χ2n) is 6.90.